The lowest BCUT2D eigenvalue weighted by atomic mass is 10.1. The molecule has 0 saturated heterocycles. The Bertz CT molecular complexity index is 368. The van der Waals surface area contributed by atoms with Crippen LogP contribution in [0.3, 0.4) is 0 Å². The number of hydrazine groups is 1. The molecule has 0 aliphatic heterocycles. The molecule has 0 spiro atoms. The minimum atomic E-state index is -0.177. The summed E-state index contributed by atoms with van der Waals surface area (Å²) >= 11 is 0. The normalized spacial score (nSPS) is 11.8. The molecule has 0 fully saturated rings. The highest BCUT2D eigenvalue weighted by Gasteiger charge is 2.16. The van der Waals surface area contributed by atoms with E-state index in [2.05, 4.69) is 12.0 Å². The SMILES string of the molecule is C=CC(NN)c1cc(OC)c(OC)c(OC)c1. The van der Waals surface area contributed by atoms with Crippen molar-refractivity contribution in [2.24, 2.45) is 5.84 Å². The van der Waals surface area contributed by atoms with Crippen molar-refractivity contribution >= 4 is 0 Å². The first kappa shape index (κ1) is 13.3. The van der Waals surface area contributed by atoms with Crippen molar-refractivity contribution in [3.05, 3.63) is 30.4 Å². The molecule has 5 heteroatoms. The largest absolute Gasteiger partial charge is 0.493 e. The summed E-state index contributed by atoms with van der Waals surface area (Å²) in [6, 6.07) is 3.48. The number of methoxy groups -OCH3 is 3. The molecule has 0 aliphatic carbocycles. The van der Waals surface area contributed by atoms with E-state index >= 15 is 0 Å². The molecule has 1 unspecified atom stereocenters. The van der Waals surface area contributed by atoms with Crippen molar-refractivity contribution in [3.8, 4) is 17.2 Å². The van der Waals surface area contributed by atoms with Crippen molar-refractivity contribution in [1.82, 2.24) is 5.43 Å². The van der Waals surface area contributed by atoms with E-state index in [0.29, 0.717) is 17.2 Å². The average Bonchev–Trinajstić information content (AvgIpc) is 2.38. The van der Waals surface area contributed by atoms with Gasteiger partial charge in [0, 0.05) is 0 Å². The van der Waals surface area contributed by atoms with Crippen LogP contribution in [0.5, 0.6) is 17.2 Å². The summed E-state index contributed by atoms with van der Waals surface area (Å²) in [4.78, 5) is 0. The number of rotatable bonds is 6. The van der Waals surface area contributed by atoms with Crippen molar-refractivity contribution in [1.29, 1.82) is 0 Å². The summed E-state index contributed by atoms with van der Waals surface area (Å²) < 4.78 is 15.7. The molecule has 0 aromatic heterocycles. The Hall–Kier alpha value is -1.72. The lowest BCUT2D eigenvalue weighted by Gasteiger charge is -2.17. The van der Waals surface area contributed by atoms with Crippen LogP contribution >= 0.6 is 0 Å². The van der Waals surface area contributed by atoms with E-state index in [0.717, 1.165) is 5.56 Å². The summed E-state index contributed by atoms with van der Waals surface area (Å²) in [6.45, 7) is 3.71. The summed E-state index contributed by atoms with van der Waals surface area (Å²) in [7, 11) is 4.70. The predicted molar refractivity (Wildman–Crippen MR) is 66.4 cm³/mol. The maximum absolute atomic E-state index is 5.43. The second kappa shape index (κ2) is 6.12. The van der Waals surface area contributed by atoms with Gasteiger partial charge in [0.25, 0.3) is 0 Å². The lowest BCUT2D eigenvalue weighted by molar-refractivity contribution is 0.323. The molecule has 1 aromatic rings. The smallest absolute Gasteiger partial charge is 0.203 e. The van der Waals surface area contributed by atoms with Gasteiger partial charge in [0.2, 0.25) is 5.75 Å². The van der Waals surface area contributed by atoms with Crippen LogP contribution in [0.15, 0.2) is 24.8 Å². The van der Waals surface area contributed by atoms with Gasteiger partial charge in [-0.2, -0.15) is 0 Å². The van der Waals surface area contributed by atoms with Gasteiger partial charge >= 0.3 is 0 Å². The fourth-order valence-corrected chi connectivity index (χ4v) is 1.58. The van der Waals surface area contributed by atoms with Gasteiger partial charge in [-0.1, -0.05) is 6.08 Å². The van der Waals surface area contributed by atoms with Crippen LogP contribution in [0.2, 0.25) is 0 Å². The number of nitrogens with two attached hydrogens (primary N) is 1. The molecule has 1 rings (SSSR count). The lowest BCUT2D eigenvalue weighted by Crippen LogP contribution is -2.26. The second-order valence-electron chi connectivity index (χ2n) is 3.34. The summed E-state index contributed by atoms with van der Waals surface area (Å²) in [5.74, 6) is 7.16. The average molecular weight is 238 g/mol. The molecule has 0 heterocycles. The molecule has 1 atom stereocenters. The standard InChI is InChI=1S/C12H18N2O3/c1-5-9(14-13)8-6-10(15-2)12(17-4)11(7-8)16-3/h5-7,9,14H,1,13H2,2-4H3. The third-order valence-electron chi connectivity index (χ3n) is 2.46. The molecular formula is C12H18N2O3. The highest BCUT2D eigenvalue weighted by atomic mass is 16.5. The fraction of sp³-hybridized carbons (Fsp3) is 0.333. The highest BCUT2D eigenvalue weighted by Crippen LogP contribution is 2.39. The van der Waals surface area contributed by atoms with Crippen molar-refractivity contribution < 1.29 is 14.2 Å². The van der Waals surface area contributed by atoms with E-state index in [4.69, 9.17) is 20.1 Å². The van der Waals surface area contributed by atoms with E-state index in [-0.39, 0.29) is 6.04 Å². The van der Waals surface area contributed by atoms with Crippen molar-refractivity contribution in [3.63, 3.8) is 0 Å². The van der Waals surface area contributed by atoms with Crippen LogP contribution in [0.4, 0.5) is 0 Å². The van der Waals surface area contributed by atoms with Gasteiger partial charge in [-0.05, 0) is 17.7 Å². The topological polar surface area (TPSA) is 65.7 Å². The molecule has 17 heavy (non-hydrogen) atoms. The number of hydrogen-bond donors (Lipinski definition) is 2. The molecular weight excluding hydrogens is 220 g/mol. The van der Waals surface area contributed by atoms with Gasteiger partial charge in [-0.3, -0.25) is 5.84 Å². The van der Waals surface area contributed by atoms with Crippen LogP contribution in [-0.2, 0) is 0 Å². The first-order chi connectivity index (χ1) is 8.21. The molecule has 0 amide bonds. The van der Waals surface area contributed by atoms with Gasteiger partial charge < -0.3 is 14.2 Å². The quantitative estimate of drug-likeness (QED) is 0.445. The minimum absolute atomic E-state index is 0.177. The zero-order chi connectivity index (χ0) is 12.8. The van der Waals surface area contributed by atoms with Crippen molar-refractivity contribution in [2.45, 2.75) is 6.04 Å². The van der Waals surface area contributed by atoms with Crippen LogP contribution in [0.25, 0.3) is 0 Å². The number of ether oxygens (including phenoxy) is 3. The molecule has 5 nitrogen and oxygen atoms in total. The Labute approximate surface area is 101 Å². The van der Waals surface area contributed by atoms with Gasteiger partial charge in [0.15, 0.2) is 11.5 Å². The molecule has 0 aliphatic rings. The summed E-state index contributed by atoms with van der Waals surface area (Å²) in [6.07, 6.45) is 1.70. The molecule has 0 saturated carbocycles. The van der Waals surface area contributed by atoms with E-state index in [1.54, 1.807) is 27.4 Å². The van der Waals surface area contributed by atoms with Gasteiger partial charge in [0.1, 0.15) is 0 Å². The van der Waals surface area contributed by atoms with Crippen LogP contribution < -0.4 is 25.5 Å². The zero-order valence-corrected chi connectivity index (χ0v) is 10.3. The van der Waals surface area contributed by atoms with Gasteiger partial charge in [0.05, 0.1) is 27.4 Å². The van der Waals surface area contributed by atoms with E-state index in [1.165, 1.54) is 0 Å². The van der Waals surface area contributed by atoms with E-state index in [9.17, 15) is 0 Å². The Morgan fingerprint density at radius 3 is 2.00 bits per heavy atom. The highest BCUT2D eigenvalue weighted by molar-refractivity contribution is 5.54. The monoisotopic (exact) mass is 238 g/mol. The second-order valence-corrected chi connectivity index (χ2v) is 3.34. The third kappa shape index (κ3) is 2.69. The molecule has 94 valence electrons. The number of nitrogens with one attached hydrogen (secondary N) is 1. The predicted octanol–water partition coefficient (Wildman–Crippen LogP) is 1.40. The maximum atomic E-state index is 5.43. The van der Waals surface area contributed by atoms with Crippen LogP contribution in [0.1, 0.15) is 11.6 Å². The third-order valence-corrected chi connectivity index (χ3v) is 2.46. The molecule has 1 aromatic carbocycles. The summed E-state index contributed by atoms with van der Waals surface area (Å²) in [5.41, 5.74) is 3.52. The van der Waals surface area contributed by atoms with Crippen LogP contribution in [0, 0.1) is 0 Å². The fourth-order valence-electron chi connectivity index (χ4n) is 1.58. The van der Waals surface area contributed by atoms with E-state index in [1.807, 2.05) is 12.1 Å². The first-order valence-corrected chi connectivity index (χ1v) is 5.10. The Balaban J connectivity index is 3.30. The molecule has 3 N–H and O–H groups in total. The Morgan fingerprint density at radius 1 is 1.18 bits per heavy atom. The van der Waals surface area contributed by atoms with Gasteiger partial charge in [-0.25, -0.2) is 5.43 Å². The maximum Gasteiger partial charge on any atom is 0.203 e. The van der Waals surface area contributed by atoms with E-state index < -0.39 is 0 Å². The van der Waals surface area contributed by atoms with Gasteiger partial charge in [-0.15, -0.1) is 6.58 Å². The minimum Gasteiger partial charge on any atom is -0.493 e. The summed E-state index contributed by atoms with van der Waals surface area (Å²) in [5, 5.41) is 0. The molecule has 0 bridgehead atoms. The van der Waals surface area contributed by atoms with Crippen molar-refractivity contribution in [2.75, 3.05) is 21.3 Å². The Morgan fingerprint density at radius 2 is 1.71 bits per heavy atom. The number of benzene rings is 1. The first-order valence-electron chi connectivity index (χ1n) is 5.10. The number of hydrogen-bond acceptors (Lipinski definition) is 5. The zero-order valence-electron chi connectivity index (χ0n) is 10.3. The Kier molecular flexibility index (Phi) is 4.81. The van der Waals surface area contributed by atoms with Crippen LogP contribution in [-0.4, -0.2) is 21.3 Å². The molecule has 0 radical (unpaired) electrons.